The number of rotatable bonds is 2. The van der Waals surface area contributed by atoms with E-state index in [9.17, 15) is 4.79 Å². The second-order valence-electron chi connectivity index (χ2n) is 2.47. The molecule has 70 valence electrons. The Morgan fingerprint density at radius 1 is 1.62 bits per heavy atom. The van der Waals surface area contributed by atoms with Crippen molar-refractivity contribution < 1.29 is 9.53 Å². The second kappa shape index (κ2) is 4.63. The lowest BCUT2D eigenvalue weighted by molar-refractivity contribution is -0.139. The van der Waals surface area contributed by atoms with Crippen molar-refractivity contribution in [3.05, 3.63) is 33.3 Å². The van der Waals surface area contributed by atoms with Crippen molar-refractivity contribution in [3.8, 4) is 0 Å². The molecule has 0 spiro atoms. The number of halogens is 2. The largest absolute Gasteiger partial charge is 0.469 e. The molecule has 4 heteroatoms. The van der Waals surface area contributed by atoms with Crippen LogP contribution in [0.15, 0.2) is 22.7 Å². The van der Waals surface area contributed by atoms with Crippen LogP contribution in [0.4, 0.5) is 0 Å². The molecule has 0 unspecified atom stereocenters. The average Bonchev–Trinajstić information content (AvgIpc) is 2.13. The van der Waals surface area contributed by atoms with E-state index in [4.69, 9.17) is 11.6 Å². The zero-order valence-corrected chi connectivity index (χ0v) is 9.35. The van der Waals surface area contributed by atoms with E-state index in [0.29, 0.717) is 5.02 Å². The number of carbonyl (C=O) groups excluding carboxylic acids is 1. The summed E-state index contributed by atoms with van der Waals surface area (Å²) in [7, 11) is 1.36. The van der Waals surface area contributed by atoms with Crippen LogP contribution < -0.4 is 0 Å². The smallest absolute Gasteiger partial charge is 0.310 e. The SMILES string of the molecule is COC(=O)Cc1cccc(Br)c1Cl. The van der Waals surface area contributed by atoms with Gasteiger partial charge in [0.2, 0.25) is 0 Å². The minimum Gasteiger partial charge on any atom is -0.469 e. The minimum absolute atomic E-state index is 0.203. The molecule has 0 radical (unpaired) electrons. The summed E-state index contributed by atoms with van der Waals surface area (Å²) in [5, 5.41) is 0.563. The number of hydrogen-bond donors (Lipinski definition) is 0. The fraction of sp³-hybridized carbons (Fsp3) is 0.222. The number of benzene rings is 1. The van der Waals surface area contributed by atoms with Crippen LogP contribution >= 0.6 is 27.5 Å². The zero-order valence-electron chi connectivity index (χ0n) is 7.01. The molecule has 0 heterocycles. The van der Waals surface area contributed by atoms with Crippen molar-refractivity contribution in [3.63, 3.8) is 0 Å². The molecule has 0 aliphatic heterocycles. The Kier molecular flexibility index (Phi) is 3.75. The summed E-state index contributed by atoms with van der Waals surface area (Å²) in [4.78, 5) is 10.9. The van der Waals surface area contributed by atoms with E-state index in [2.05, 4.69) is 20.7 Å². The summed E-state index contributed by atoms with van der Waals surface area (Å²) in [5.74, 6) is -0.292. The summed E-state index contributed by atoms with van der Waals surface area (Å²) in [6, 6.07) is 5.45. The molecule has 0 atom stereocenters. The van der Waals surface area contributed by atoms with Gasteiger partial charge in [-0.15, -0.1) is 0 Å². The number of hydrogen-bond acceptors (Lipinski definition) is 2. The molecule has 0 saturated carbocycles. The summed E-state index contributed by atoms with van der Waals surface area (Å²) in [5.41, 5.74) is 0.767. The van der Waals surface area contributed by atoms with Crippen LogP contribution in [0.1, 0.15) is 5.56 Å². The molecule has 0 aliphatic rings. The van der Waals surface area contributed by atoms with Gasteiger partial charge in [0.25, 0.3) is 0 Å². The van der Waals surface area contributed by atoms with Gasteiger partial charge in [-0.2, -0.15) is 0 Å². The predicted octanol–water partition coefficient (Wildman–Crippen LogP) is 2.82. The fourth-order valence-corrected chi connectivity index (χ4v) is 1.51. The van der Waals surface area contributed by atoms with Crippen molar-refractivity contribution >= 4 is 33.5 Å². The molecule has 1 aromatic carbocycles. The lowest BCUT2D eigenvalue weighted by atomic mass is 10.1. The lowest BCUT2D eigenvalue weighted by Crippen LogP contribution is -2.04. The first-order chi connectivity index (χ1) is 6.15. The second-order valence-corrected chi connectivity index (χ2v) is 3.70. The first-order valence-corrected chi connectivity index (χ1v) is 4.82. The van der Waals surface area contributed by atoms with Crippen molar-refractivity contribution in [1.29, 1.82) is 0 Å². The molecule has 13 heavy (non-hydrogen) atoms. The van der Waals surface area contributed by atoms with Crippen LogP contribution in [0.25, 0.3) is 0 Å². The molecule has 0 amide bonds. The zero-order chi connectivity index (χ0) is 9.84. The first-order valence-electron chi connectivity index (χ1n) is 3.65. The Balaban J connectivity index is 2.89. The molecule has 2 nitrogen and oxygen atoms in total. The van der Waals surface area contributed by atoms with Gasteiger partial charge in [0, 0.05) is 4.47 Å². The van der Waals surface area contributed by atoms with E-state index in [1.165, 1.54) is 7.11 Å². The molecule has 0 bridgehead atoms. The highest BCUT2D eigenvalue weighted by molar-refractivity contribution is 9.10. The van der Waals surface area contributed by atoms with Gasteiger partial charge in [0.15, 0.2) is 0 Å². The maximum atomic E-state index is 10.9. The normalized spacial score (nSPS) is 9.77. The molecule has 0 saturated heterocycles. The summed E-state index contributed by atoms with van der Waals surface area (Å²) in [6.07, 6.45) is 0.203. The Morgan fingerprint density at radius 3 is 2.92 bits per heavy atom. The highest BCUT2D eigenvalue weighted by atomic mass is 79.9. The third kappa shape index (κ3) is 2.71. The van der Waals surface area contributed by atoms with Gasteiger partial charge in [0.05, 0.1) is 18.6 Å². The van der Waals surface area contributed by atoms with Gasteiger partial charge < -0.3 is 4.74 Å². The van der Waals surface area contributed by atoms with E-state index in [1.807, 2.05) is 12.1 Å². The van der Waals surface area contributed by atoms with Gasteiger partial charge in [0.1, 0.15) is 0 Å². The standard InChI is InChI=1S/C9H8BrClO2/c1-13-8(12)5-6-3-2-4-7(10)9(6)11/h2-4H,5H2,1H3. The molecule has 1 aromatic rings. The van der Waals surface area contributed by atoms with E-state index in [1.54, 1.807) is 6.07 Å². The van der Waals surface area contributed by atoms with Gasteiger partial charge in [-0.25, -0.2) is 0 Å². The van der Waals surface area contributed by atoms with Crippen LogP contribution in [0.2, 0.25) is 5.02 Å². The van der Waals surface area contributed by atoms with Crippen LogP contribution in [-0.2, 0) is 16.0 Å². The van der Waals surface area contributed by atoms with Gasteiger partial charge in [-0.1, -0.05) is 23.7 Å². The fourth-order valence-electron chi connectivity index (χ4n) is 0.913. The maximum absolute atomic E-state index is 10.9. The Bertz CT molecular complexity index is 325. The minimum atomic E-state index is -0.292. The Labute approximate surface area is 90.0 Å². The third-order valence-corrected chi connectivity index (χ3v) is 2.93. The molecule has 0 N–H and O–H groups in total. The van der Waals surface area contributed by atoms with Crippen molar-refractivity contribution in [2.24, 2.45) is 0 Å². The van der Waals surface area contributed by atoms with E-state index in [0.717, 1.165) is 10.0 Å². The quantitative estimate of drug-likeness (QED) is 0.767. The van der Waals surface area contributed by atoms with Crippen molar-refractivity contribution in [1.82, 2.24) is 0 Å². The molecule has 0 aliphatic carbocycles. The molecule has 0 aromatic heterocycles. The highest BCUT2D eigenvalue weighted by Gasteiger charge is 2.08. The van der Waals surface area contributed by atoms with E-state index in [-0.39, 0.29) is 12.4 Å². The average molecular weight is 264 g/mol. The number of esters is 1. The molecule has 1 rings (SSSR count). The Hall–Kier alpha value is -0.540. The van der Waals surface area contributed by atoms with Crippen LogP contribution in [0.3, 0.4) is 0 Å². The predicted molar refractivity (Wildman–Crippen MR) is 54.9 cm³/mol. The molecule has 0 fully saturated rings. The molecular formula is C9H8BrClO2. The van der Waals surface area contributed by atoms with Crippen molar-refractivity contribution in [2.75, 3.05) is 7.11 Å². The monoisotopic (exact) mass is 262 g/mol. The molecular weight excluding hydrogens is 255 g/mol. The van der Waals surface area contributed by atoms with Crippen molar-refractivity contribution in [2.45, 2.75) is 6.42 Å². The van der Waals surface area contributed by atoms with Gasteiger partial charge >= 0.3 is 5.97 Å². The summed E-state index contributed by atoms with van der Waals surface area (Å²) in [6.45, 7) is 0. The highest BCUT2D eigenvalue weighted by Crippen LogP contribution is 2.26. The van der Waals surface area contributed by atoms with E-state index >= 15 is 0 Å². The maximum Gasteiger partial charge on any atom is 0.310 e. The third-order valence-electron chi connectivity index (χ3n) is 1.59. The number of methoxy groups -OCH3 is 1. The summed E-state index contributed by atoms with van der Waals surface area (Å²) < 4.78 is 5.32. The summed E-state index contributed by atoms with van der Waals surface area (Å²) >= 11 is 9.21. The topological polar surface area (TPSA) is 26.3 Å². The van der Waals surface area contributed by atoms with E-state index < -0.39 is 0 Å². The number of carbonyl (C=O) groups is 1. The van der Waals surface area contributed by atoms with Crippen LogP contribution in [0, 0.1) is 0 Å². The number of ether oxygens (including phenoxy) is 1. The lowest BCUT2D eigenvalue weighted by Gasteiger charge is -2.03. The Morgan fingerprint density at radius 2 is 2.31 bits per heavy atom. The van der Waals surface area contributed by atoms with Crippen LogP contribution in [0.5, 0.6) is 0 Å². The first kappa shape index (κ1) is 10.5. The van der Waals surface area contributed by atoms with Gasteiger partial charge in [-0.05, 0) is 27.6 Å². The van der Waals surface area contributed by atoms with Gasteiger partial charge in [-0.3, -0.25) is 4.79 Å². The van der Waals surface area contributed by atoms with Crippen LogP contribution in [-0.4, -0.2) is 13.1 Å².